The predicted octanol–water partition coefficient (Wildman–Crippen LogP) is 0.270. The highest BCUT2D eigenvalue weighted by atomic mass is 32.2. The maximum atomic E-state index is 14.9. The van der Waals surface area contributed by atoms with Crippen LogP contribution in [0.25, 0.3) is 0 Å². The first kappa shape index (κ1) is 20.9. The van der Waals surface area contributed by atoms with E-state index in [-0.39, 0.29) is 36.0 Å². The number of amides is 1. The summed E-state index contributed by atoms with van der Waals surface area (Å²) in [4.78, 5) is 20.3. The summed E-state index contributed by atoms with van der Waals surface area (Å²) >= 11 is 0. The number of benzene rings is 1. The van der Waals surface area contributed by atoms with E-state index in [1.165, 1.54) is 38.7 Å². The third-order valence-corrected chi connectivity index (χ3v) is 7.52. The molecule has 2 aliphatic heterocycles. The summed E-state index contributed by atoms with van der Waals surface area (Å²) in [5, 5.41) is 12.3. The number of aromatic nitrogens is 2. The fourth-order valence-electron chi connectivity index (χ4n) is 3.62. The topological polar surface area (TPSA) is 147 Å². The Balaban J connectivity index is 1.69. The Labute approximate surface area is 177 Å². The van der Waals surface area contributed by atoms with Gasteiger partial charge in [-0.15, -0.1) is 0 Å². The Kier molecular flexibility index (Phi) is 5.01. The molecule has 0 saturated carbocycles. The Hall–Kier alpha value is -3.32. The van der Waals surface area contributed by atoms with Crippen molar-refractivity contribution in [2.45, 2.75) is 10.8 Å². The van der Waals surface area contributed by atoms with E-state index < -0.39 is 38.5 Å². The zero-order valence-electron chi connectivity index (χ0n) is 16.5. The Bertz CT molecular complexity index is 1160. The summed E-state index contributed by atoms with van der Waals surface area (Å²) in [5.41, 5.74) is -1.32. The molecule has 1 amide bonds. The first-order valence-corrected chi connectivity index (χ1v) is 10.6. The quantitative estimate of drug-likeness (QED) is 0.602. The van der Waals surface area contributed by atoms with Crippen LogP contribution < -0.4 is 15.4 Å². The average Bonchev–Trinajstić information content (AvgIpc) is 3.19. The van der Waals surface area contributed by atoms with Crippen LogP contribution in [0.2, 0.25) is 0 Å². The number of ether oxygens (including phenoxy) is 2. The van der Waals surface area contributed by atoms with Crippen molar-refractivity contribution in [3.05, 3.63) is 47.7 Å². The zero-order chi connectivity index (χ0) is 22.4. The van der Waals surface area contributed by atoms with Gasteiger partial charge in [-0.25, -0.2) is 27.1 Å². The van der Waals surface area contributed by atoms with Gasteiger partial charge in [-0.2, -0.15) is 0 Å². The highest BCUT2D eigenvalue weighted by Crippen LogP contribution is 2.41. The predicted molar refractivity (Wildman–Crippen MR) is 107 cm³/mol. The molecule has 2 saturated heterocycles. The van der Waals surface area contributed by atoms with Gasteiger partial charge >= 0.3 is 0 Å². The number of hydrogen-bond acceptors (Lipinski definition) is 8. The molecule has 164 valence electrons. The fraction of sp³-hybridized carbons (Fsp3) is 0.333. The molecule has 1 aromatic heterocycles. The van der Waals surface area contributed by atoms with Crippen molar-refractivity contribution >= 4 is 27.6 Å². The molecule has 3 N–H and O–H groups in total. The van der Waals surface area contributed by atoms with Gasteiger partial charge in [0.15, 0.2) is 0 Å². The number of fused-ring (bicyclic) bond motifs is 1. The minimum absolute atomic E-state index is 0.00804. The van der Waals surface area contributed by atoms with Crippen LogP contribution in [-0.4, -0.2) is 67.2 Å². The molecule has 31 heavy (non-hydrogen) atoms. The van der Waals surface area contributed by atoms with Crippen LogP contribution in [0.1, 0.15) is 16.1 Å². The second-order valence-corrected chi connectivity index (χ2v) is 9.20. The molecular weight excluding hydrogens is 431 g/mol. The van der Waals surface area contributed by atoms with Gasteiger partial charge in [-0.1, -0.05) is 0 Å². The first-order chi connectivity index (χ1) is 14.7. The monoisotopic (exact) mass is 450 g/mol. The van der Waals surface area contributed by atoms with Gasteiger partial charge in [0.05, 0.1) is 32.7 Å². The minimum atomic E-state index is -3.96. The molecule has 11 nitrogen and oxygen atoms in total. The van der Waals surface area contributed by atoms with E-state index in [9.17, 15) is 17.6 Å². The molecule has 1 aromatic carbocycles. The highest BCUT2D eigenvalue weighted by Gasteiger charge is 2.59. The van der Waals surface area contributed by atoms with Crippen molar-refractivity contribution in [2.75, 3.05) is 32.7 Å². The molecule has 2 fully saturated rings. The number of carbonyl (C=O) groups excluding carboxylic acids is 1. The number of methoxy groups -OCH3 is 1. The molecule has 0 bridgehead atoms. The van der Waals surface area contributed by atoms with E-state index in [1.807, 2.05) is 0 Å². The van der Waals surface area contributed by atoms with Crippen molar-refractivity contribution in [1.82, 2.24) is 19.6 Å². The number of guanidine groups is 1. The maximum absolute atomic E-state index is 14.9. The van der Waals surface area contributed by atoms with Crippen molar-refractivity contribution in [3.8, 4) is 5.88 Å². The van der Waals surface area contributed by atoms with Gasteiger partial charge in [0.1, 0.15) is 22.3 Å². The number of rotatable bonds is 4. The molecule has 0 radical (unpaired) electrons. The van der Waals surface area contributed by atoms with Crippen LogP contribution in [-0.2, 0) is 20.3 Å². The molecule has 1 unspecified atom stereocenters. The fourth-order valence-corrected chi connectivity index (χ4v) is 5.34. The van der Waals surface area contributed by atoms with Crippen LogP contribution >= 0.6 is 0 Å². The van der Waals surface area contributed by atoms with Crippen LogP contribution in [0.4, 0.5) is 10.1 Å². The SMILES string of the molecule is COc1cnc(C(=O)Nc2ccc(F)c([C@@]34COCC3S(=O)(=O)N(C)C(=N)N4)c2)cn1. The molecule has 0 spiro atoms. The summed E-state index contributed by atoms with van der Waals surface area (Å²) in [6, 6.07) is 3.78. The van der Waals surface area contributed by atoms with E-state index in [2.05, 4.69) is 20.6 Å². The minimum Gasteiger partial charge on any atom is -0.480 e. The number of nitrogens with zero attached hydrogens (tertiary/aromatic N) is 3. The van der Waals surface area contributed by atoms with E-state index in [0.717, 1.165) is 10.4 Å². The third kappa shape index (κ3) is 3.35. The second kappa shape index (κ2) is 7.42. The van der Waals surface area contributed by atoms with Gasteiger partial charge in [-0.3, -0.25) is 10.2 Å². The Morgan fingerprint density at radius 3 is 2.87 bits per heavy atom. The normalized spacial score (nSPS) is 24.3. The van der Waals surface area contributed by atoms with E-state index in [0.29, 0.717) is 0 Å². The molecule has 2 atom stereocenters. The smallest absolute Gasteiger partial charge is 0.275 e. The van der Waals surface area contributed by atoms with Gasteiger partial charge in [-0.05, 0) is 18.2 Å². The summed E-state index contributed by atoms with van der Waals surface area (Å²) in [6.45, 7) is -0.324. The van der Waals surface area contributed by atoms with Crippen molar-refractivity contribution in [1.29, 1.82) is 5.41 Å². The lowest BCUT2D eigenvalue weighted by molar-refractivity contribution is 0.102. The molecule has 2 aromatic rings. The number of hydrogen-bond donors (Lipinski definition) is 3. The van der Waals surface area contributed by atoms with E-state index in [1.54, 1.807) is 0 Å². The molecule has 3 heterocycles. The standard InChI is InChI=1S/C18H19FN6O5S/c1-25-17(20)24-18(9-30-8-14(18)31(25,27)28)11-5-10(3-4-12(11)19)23-16(26)13-6-22-15(29-2)7-21-13/h3-7,14H,8-9H2,1-2H3,(H2,20,24)(H,23,26)/t14?,18-/m0/s1. The van der Waals surface area contributed by atoms with E-state index >= 15 is 0 Å². The second-order valence-electron chi connectivity index (χ2n) is 7.05. The van der Waals surface area contributed by atoms with Crippen LogP contribution in [0.5, 0.6) is 5.88 Å². The van der Waals surface area contributed by atoms with Crippen molar-refractivity contribution in [3.63, 3.8) is 0 Å². The molecule has 0 aliphatic carbocycles. The number of anilines is 1. The first-order valence-electron chi connectivity index (χ1n) is 9.08. The van der Waals surface area contributed by atoms with Crippen molar-refractivity contribution < 1.29 is 27.1 Å². The molecule has 4 rings (SSSR count). The number of sulfonamides is 1. The van der Waals surface area contributed by atoms with Gasteiger partial charge in [0, 0.05) is 18.3 Å². The molecule has 13 heteroatoms. The maximum Gasteiger partial charge on any atom is 0.275 e. The summed E-state index contributed by atoms with van der Waals surface area (Å²) < 4.78 is 51.7. The third-order valence-electron chi connectivity index (χ3n) is 5.32. The van der Waals surface area contributed by atoms with E-state index in [4.69, 9.17) is 14.9 Å². The lowest BCUT2D eigenvalue weighted by Crippen LogP contribution is -2.67. The van der Waals surface area contributed by atoms with Crippen LogP contribution in [0.3, 0.4) is 0 Å². The Morgan fingerprint density at radius 2 is 2.19 bits per heavy atom. The highest BCUT2D eigenvalue weighted by molar-refractivity contribution is 7.90. The van der Waals surface area contributed by atoms with Gasteiger partial charge < -0.3 is 20.1 Å². The average molecular weight is 450 g/mol. The summed E-state index contributed by atoms with van der Waals surface area (Å²) in [7, 11) is -1.30. The molecular formula is C18H19FN6O5S. The van der Waals surface area contributed by atoms with Crippen LogP contribution in [0, 0.1) is 11.2 Å². The summed E-state index contributed by atoms with van der Waals surface area (Å²) in [6.07, 6.45) is 2.51. The number of carbonyl (C=O) groups is 1. The van der Waals surface area contributed by atoms with Gasteiger partial charge in [0.25, 0.3) is 5.91 Å². The number of nitrogens with one attached hydrogen (secondary N) is 3. The lowest BCUT2D eigenvalue weighted by atomic mass is 9.87. The van der Waals surface area contributed by atoms with Crippen molar-refractivity contribution in [2.24, 2.45) is 0 Å². The largest absolute Gasteiger partial charge is 0.480 e. The van der Waals surface area contributed by atoms with Crippen LogP contribution in [0.15, 0.2) is 30.6 Å². The van der Waals surface area contributed by atoms with Gasteiger partial charge in [0.2, 0.25) is 21.9 Å². The Morgan fingerprint density at radius 1 is 1.42 bits per heavy atom. The lowest BCUT2D eigenvalue weighted by Gasteiger charge is -2.43. The zero-order valence-corrected chi connectivity index (χ0v) is 17.4. The summed E-state index contributed by atoms with van der Waals surface area (Å²) in [5.74, 6) is -1.45. The molecule has 2 aliphatic rings. The number of halogens is 1.